The van der Waals surface area contributed by atoms with E-state index in [0.717, 1.165) is 13.1 Å². The Bertz CT molecular complexity index is 569. The second-order valence-corrected chi connectivity index (χ2v) is 16.6. The molecule has 0 aromatic heterocycles. The van der Waals surface area contributed by atoms with E-state index >= 15 is 0 Å². The lowest BCUT2D eigenvalue weighted by Gasteiger charge is -2.39. The lowest BCUT2D eigenvalue weighted by molar-refractivity contribution is 0.420. The standard InChI is InChI=1S/C20H32N2Si2/c1-21(23(3,4)19-13-9-7-10-14-19)17-18-22(2)24(5,6)20-15-11-8-12-16-20/h7-16H,17-18H2,1-6H3. The summed E-state index contributed by atoms with van der Waals surface area (Å²) in [5.74, 6) is 0. The summed E-state index contributed by atoms with van der Waals surface area (Å²) in [5.41, 5.74) is 0. The summed E-state index contributed by atoms with van der Waals surface area (Å²) < 4.78 is 5.21. The number of nitrogens with zero attached hydrogens (tertiary/aromatic N) is 2. The van der Waals surface area contributed by atoms with Crippen LogP contribution in [0.5, 0.6) is 0 Å². The highest BCUT2D eigenvalue weighted by molar-refractivity contribution is 6.88. The molecule has 4 heteroatoms. The van der Waals surface area contributed by atoms with Gasteiger partial charge in [-0.05, 0) is 24.5 Å². The van der Waals surface area contributed by atoms with Crippen molar-refractivity contribution < 1.29 is 0 Å². The van der Waals surface area contributed by atoms with Crippen LogP contribution >= 0.6 is 0 Å². The van der Waals surface area contributed by atoms with Crippen LogP contribution in [0.25, 0.3) is 0 Å². The van der Waals surface area contributed by atoms with E-state index in [4.69, 9.17) is 0 Å². The van der Waals surface area contributed by atoms with Gasteiger partial charge in [-0.25, -0.2) is 0 Å². The van der Waals surface area contributed by atoms with Crippen molar-refractivity contribution in [1.29, 1.82) is 0 Å². The summed E-state index contributed by atoms with van der Waals surface area (Å²) in [6, 6.07) is 22.0. The number of benzene rings is 2. The SMILES string of the molecule is CN(CCN(C)[Si](C)(C)c1ccccc1)[Si](C)(C)c1ccccc1. The predicted molar refractivity (Wildman–Crippen MR) is 112 cm³/mol. The Hall–Kier alpha value is -1.21. The van der Waals surface area contributed by atoms with Gasteiger partial charge in [-0.1, -0.05) is 86.9 Å². The fourth-order valence-corrected chi connectivity index (χ4v) is 7.21. The Balaban J connectivity index is 2.02. The Kier molecular flexibility index (Phi) is 6.20. The molecule has 2 aromatic rings. The van der Waals surface area contributed by atoms with Crippen LogP contribution < -0.4 is 10.4 Å². The fourth-order valence-electron chi connectivity index (χ4n) is 2.99. The molecule has 0 amide bonds. The zero-order valence-electron chi connectivity index (χ0n) is 16.1. The normalized spacial score (nSPS) is 12.8. The first-order valence-corrected chi connectivity index (χ1v) is 14.7. The molecular weight excluding hydrogens is 324 g/mol. The second kappa shape index (κ2) is 7.78. The van der Waals surface area contributed by atoms with Gasteiger partial charge >= 0.3 is 0 Å². The molecule has 0 aliphatic rings. The Morgan fingerprint density at radius 1 is 0.583 bits per heavy atom. The predicted octanol–water partition coefficient (Wildman–Crippen LogP) is 3.07. The maximum Gasteiger partial charge on any atom is 0.153 e. The van der Waals surface area contributed by atoms with E-state index in [9.17, 15) is 0 Å². The van der Waals surface area contributed by atoms with Crippen molar-refractivity contribution in [1.82, 2.24) is 9.13 Å². The van der Waals surface area contributed by atoms with E-state index in [-0.39, 0.29) is 0 Å². The van der Waals surface area contributed by atoms with E-state index in [1.807, 2.05) is 0 Å². The Morgan fingerprint density at radius 3 is 1.17 bits per heavy atom. The van der Waals surface area contributed by atoms with Gasteiger partial charge in [0.1, 0.15) is 0 Å². The minimum absolute atomic E-state index is 1.12. The topological polar surface area (TPSA) is 6.48 Å². The van der Waals surface area contributed by atoms with E-state index in [1.54, 1.807) is 0 Å². The smallest absolute Gasteiger partial charge is 0.153 e. The quantitative estimate of drug-likeness (QED) is 0.704. The highest BCUT2D eigenvalue weighted by atomic mass is 28.3. The highest BCUT2D eigenvalue weighted by Crippen LogP contribution is 2.11. The van der Waals surface area contributed by atoms with Gasteiger partial charge in [0, 0.05) is 13.1 Å². The van der Waals surface area contributed by atoms with Crippen LogP contribution in [0.4, 0.5) is 0 Å². The van der Waals surface area contributed by atoms with Gasteiger partial charge < -0.3 is 9.13 Å². The van der Waals surface area contributed by atoms with Crippen LogP contribution in [-0.4, -0.2) is 52.8 Å². The van der Waals surface area contributed by atoms with E-state index < -0.39 is 16.5 Å². The van der Waals surface area contributed by atoms with Crippen molar-refractivity contribution in [3.05, 3.63) is 60.7 Å². The molecule has 0 aliphatic heterocycles. The highest BCUT2D eigenvalue weighted by Gasteiger charge is 2.32. The van der Waals surface area contributed by atoms with Crippen LogP contribution in [0, 0.1) is 0 Å². The molecule has 0 unspecified atom stereocenters. The first-order valence-electron chi connectivity index (χ1n) is 8.80. The summed E-state index contributed by atoms with van der Waals surface area (Å²) >= 11 is 0. The molecule has 0 N–H and O–H groups in total. The number of likely N-dealkylation sites (N-methyl/N-ethyl adjacent to an activating group) is 2. The second-order valence-electron chi connectivity index (χ2n) is 7.69. The molecule has 0 heterocycles. The molecule has 0 atom stereocenters. The maximum atomic E-state index is 2.61. The Morgan fingerprint density at radius 2 is 0.875 bits per heavy atom. The van der Waals surface area contributed by atoms with E-state index in [2.05, 4.69) is 110 Å². The molecule has 2 aromatic carbocycles. The number of rotatable bonds is 7. The van der Waals surface area contributed by atoms with Crippen molar-refractivity contribution in [2.24, 2.45) is 0 Å². The van der Waals surface area contributed by atoms with Crippen LogP contribution in [-0.2, 0) is 0 Å². The molecule has 2 nitrogen and oxygen atoms in total. The third-order valence-corrected chi connectivity index (χ3v) is 13.4. The third-order valence-electron chi connectivity index (χ3n) is 5.64. The zero-order valence-corrected chi connectivity index (χ0v) is 18.1. The largest absolute Gasteiger partial charge is 0.322 e. The minimum atomic E-state index is -1.57. The fraction of sp³-hybridized carbons (Fsp3) is 0.400. The van der Waals surface area contributed by atoms with Crippen LogP contribution in [0.2, 0.25) is 26.2 Å². The van der Waals surface area contributed by atoms with E-state index in [1.165, 1.54) is 10.4 Å². The molecule has 24 heavy (non-hydrogen) atoms. The molecule has 0 saturated heterocycles. The molecule has 2 rings (SSSR count). The molecule has 0 aliphatic carbocycles. The monoisotopic (exact) mass is 356 g/mol. The lowest BCUT2D eigenvalue weighted by Crippen LogP contribution is -2.61. The molecule has 0 fully saturated rings. The van der Waals surface area contributed by atoms with Crippen molar-refractivity contribution >= 4 is 26.8 Å². The summed E-state index contributed by atoms with van der Waals surface area (Å²) in [7, 11) is 1.46. The summed E-state index contributed by atoms with van der Waals surface area (Å²) in [6.45, 7) is 12.0. The van der Waals surface area contributed by atoms with Gasteiger partial charge in [0.05, 0.1) is 0 Å². The molecule has 130 valence electrons. The summed E-state index contributed by atoms with van der Waals surface area (Å²) in [6.07, 6.45) is 0. The zero-order chi connectivity index (χ0) is 17.8. The summed E-state index contributed by atoms with van der Waals surface area (Å²) in [5, 5.41) is 3.02. The van der Waals surface area contributed by atoms with Gasteiger partial charge in [-0.3, -0.25) is 0 Å². The molecule has 0 saturated carbocycles. The van der Waals surface area contributed by atoms with Gasteiger partial charge in [0.25, 0.3) is 0 Å². The van der Waals surface area contributed by atoms with Gasteiger partial charge in [-0.15, -0.1) is 0 Å². The third kappa shape index (κ3) is 4.25. The van der Waals surface area contributed by atoms with Crippen LogP contribution in [0.15, 0.2) is 60.7 Å². The van der Waals surface area contributed by atoms with Crippen LogP contribution in [0.1, 0.15) is 0 Å². The molecule has 0 bridgehead atoms. The molecule has 0 spiro atoms. The first-order chi connectivity index (χ1) is 11.3. The van der Waals surface area contributed by atoms with Crippen molar-refractivity contribution in [2.75, 3.05) is 27.2 Å². The van der Waals surface area contributed by atoms with Crippen molar-refractivity contribution in [3.8, 4) is 0 Å². The average Bonchev–Trinajstić information content (AvgIpc) is 2.60. The van der Waals surface area contributed by atoms with Crippen LogP contribution in [0.3, 0.4) is 0 Å². The number of hydrogen-bond donors (Lipinski definition) is 0. The first kappa shape index (κ1) is 19.1. The lowest BCUT2D eigenvalue weighted by atomic mass is 10.4. The van der Waals surface area contributed by atoms with Gasteiger partial charge in [0.15, 0.2) is 16.5 Å². The van der Waals surface area contributed by atoms with E-state index in [0.29, 0.717) is 0 Å². The molecule has 0 radical (unpaired) electrons. The number of hydrogen-bond acceptors (Lipinski definition) is 2. The van der Waals surface area contributed by atoms with Crippen molar-refractivity contribution in [2.45, 2.75) is 26.2 Å². The molecular formula is C20H32N2Si2. The maximum absolute atomic E-state index is 2.61. The van der Waals surface area contributed by atoms with Gasteiger partial charge in [-0.2, -0.15) is 0 Å². The average molecular weight is 357 g/mol. The van der Waals surface area contributed by atoms with Gasteiger partial charge in [0.2, 0.25) is 0 Å². The summed E-state index contributed by atoms with van der Waals surface area (Å²) in [4.78, 5) is 0. The minimum Gasteiger partial charge on any atom is -0.322 e. The van der Waals surface area contributed by atoms with Crippen molar-refractivity contribution in [3.63, 3.8) is 0 Å². The Labute approximate surface area is 150 Å².